The fourth-order valence-corrected chi connectivity index (χ4v) is 2.61. The molecule has 0 bridgehead atoms. The lowest BCUT2D eigenvalue weighted by Crippen LogP contribution is -2.16. The van der Waals surface area contributed by atoms with Crippen LogP contribution in [0.1, 0.15) is 12.0 Å². The number of amides is 2. The van der Waals surface area contributed by atoms with E-state index in [0.717, 1.165) is 11.6 Å². The van der Waals surface area contributed by atoms with Gasteiger partial charge in [0.1, 0.15) is 19.0 Å². The Bertz CT molecular complexity index is 882. The van der Waals surface area contributed by atoms with Crippen molar-refractivity contribution < 1.29 is 23.5 Å². The second-order valence-electron chi connectivity index (χ2n) is 5.91. The van der Waals surface area contributed by atoms with E-state index < -0.39 is 11.7 Å². The topological polar surface area (TPSA) is 76.7 Å². The molecule has 1 aliphatic heterocycles. The maximum absolute atomic E-state index is 13.7. The number of fused-ring (bicyclic) bond motifs is 1. The highest BCUT2D eigenvalue weighted by molar-refractivity contribution is 5.99. The molecular weight excluding hydrogens is 351 g/mol. The van der Waals surface area contributed by atoms with Crippen LogP contribution < -0.4 is 20.1 Å². The summed E-state index contributed by atoms with van der Waals surface area (Å²) in [5.41, 5.74) is 1.32. The zero-order chi connectivity index (χ0) is 19.2. The van der Waals surface area contributed by atoms with Crippen molar-refractivity contribution in [2.45, 2.75) is 12.8 Å². The molecule has 0 atom stereocenters. The van der Waals surface area contributed by atoms with Crippen LogP contribution in [0.5, 0.6) is 11.5 Å². The first-order valence-corrected chi connectivity index (χ1v) is 8.46. The SMILES string of the molecule is C=CC(=O)Nc1cc(NC(=O)CCc2ccc3c(c2)OCCO3)ccc1F. The average molecular weight is 370 g/mol. The molecule has 0 unspecified atom stereocenters. The van der Waals surface area contributed by atoms with Crippen molar-refractivity contribution in [3.63, 3.8) is 0 Å². The van der Waals surface area contributed by atoms with Crippen LogP contribution in [0.15, 0.2) is 49.1 Å². The van der Waals surface area contributed by atoms with Crippen LogP contribution in [0.3, 0.4) is 0 Å². The molecule has 2 N–H and O–H groups in total. The molecule has 0 aromatic heterocycles. The van der Waals surface area contributed by atoms with Gasteiger partial charge >= 0.3 is 0 Å². The summed E-state index contributed by atoms with van der Waals surface area (Å²) in [7, 11) is 0. The zero-order valence-electron chi connectivity index (χ0n) is 14.6. The highest BCUT2D eigenvalue weighted by Gasteiger charge is 2.13. The lowest BCUT2D eigenvalue weighted by atomic mass is 10.1. The molecule has 0 radical (unpaired) electrons. The van der Waals surface area contributed by atoms with Gasteiger partial charge in [0.2, 0.25) is 11.8 Å². The molecule has 7 heteroatoms. The summed E-state index contributed by atoms with van der Waals surface area (Å²) >= 11 is 0. The number of anilines is 2. The molecule has 2 aromatic carbocycles. The van der Waals surface area contributed by atoms with Gasteiger partial charge in [0.05, 0.1) is 5.69 Å². The van der Waals surface area contributed by atoms with E-state index in [9.17, 15) is 14.0 Å². The summed E-state index contributed by atoms with van der Waals surface area (Å²) in [6.45, 7) is 4.35. The molecule has 1 aliphatic rings. The third-order valence-electron chi connectivity index (χ3n) is 3.94. The van der Waals surface area contributed by atoms with Gasteiger partial charge in [0, 0.05) is 12.1 Å². The number of rotatable bonds is 6. The normalized spacial score (nSPS) is 12.2. The fourth-order valence-electron chi connectivity index (χ4n) is 2.61. The van der Waals surface area contributed by atoms with Crippen LogP contribution in [0.25, 0.3) is 0 Å². The van der Waals surface area contributed by atoms with Crippen molar-refractivity contribution in [2.75, 3.05) is 23.8 Å². The molecule has 0 saturated carbocycles. The molecule has 3 rings (SSSR count). The van der Waals surface area contributed by atoms with E-state index in [2.05, 4.69) is 17.2 Å². The van der Waals surface area contributed by atoms with Gasteiger partial charge < -0.3 is 20.1 Å². The Kier molecular flexibility index (Phi) is 5.71. The van der Waals surface area contributed by atoms with Crippen molar-refractivity contribution in [3.8, 4) is 11.5 Å². The van der Waals surface area contributed by atoms with E-state index in [-0.39, 0.29) is 18.0 Å². The van der Waals surface area contributed by atoms with Crippen molar-refractivity contribution in [2.24, 2.45) is 0 Å². The second kappa shape index (κ2) is 8.35. The summed E-state index contributed by atoms with van der Waals surface area (Å²) in [5.74, 6) is 0.0307. The fraction of sp³-hybridized carbons (Fsp3) is 0.200. The first-order valence-electron chi connectivity index (χ1n) is 8.46. The first-order chi connectivity index (χ1) is 13.0. The number of ether oxygens (including phenoxy) is 2. The largest absolute Gasteiger partial charge is 0.486 e. The summed E-state index contributed by atoms with van der Waals surface area (Å²) in [6.07, 6.45) is 1.80. The van der Waals surface area contributed by atoms with Gasteiger partial charge in [-0.1, -0.05) is 12.6 Å². The van der Waals surface area contributed by atoms with Crippen molar-refractivity contribution >= 4 is 23.2 Å². The van der Waals surface area contributed by atoms with E-state index in [1.807, 2.05) is 18.2 Å². The van der Waals surface area contributed by atoms with E-state index >= 15 is 0 Å². The smallest absolute Gasteiger partial charge is 0.247 e. The van der Waals surface area contributed by atoms with Gasteiger partial charge in [0.25, 0.3) is 0 Å². The Labute approximate surface area is 156 Å². The average Bonchev–Trinajstić information content (AvgIpc) is 2.68. The minimum atomic E-state index is -0.598. The van der Waals surface area contributed by atoms with Crippen LogP contribution in [-0.2, 0) is 16.0 Å². The maximum atomic E-state index is 13.7. The molecule has 140 valence electrons. The molecule has 0 spiro atoms. The predicted molar refractivity (Wildman–Crippen MR) is 99.6 cm³/mol. The van der Waals surface area contributed by atoms with Gasteiger partial charge in [-0.2, -0.15) is 0 Å². The maximum Gasteiger partial charge on any atom is 0.247 e. The first kappa shape index (κ1) is 18.4. The predicted octanol–water partition coefficient (Wildman–Crippen LogP) is 3.29. The van der Waals surface area contributed by atoms with Gasteiger partial charge in [-0.15, -0.1) is 0 Å². The number of hydrogen-bond acceptors (Lipinski definition) is 4. The molecule has 27 heavy (non-hydrogen) atoms. The summed E-state index contributed by atoms with van der Waals surface area (Å²) < 4.78 is 24.7. The number of aryl methyl sites for hydroxylation is 1. The van der Waals surface area contributed by atoms with E-state index in [1.54, 1.807) is 0 Å². The van der Waals surface area contributed by atoms with Gasteiger partial charge in [-0.25, -0.2) is 4.39 Å². The number of halogens is 1. The molecule has 6 nitrogen and oxygen atoms in total. The lowest BCUT2D eigenvalue weighted by molar-refractivity contribution is -0.116. The molecule has 0 saturated heterocycles. The molecule has 2 aromatic rings. The Morgan fingerprint density at radius 1 is 1.07 bits per heavy atom. The van der Waals surface area contributed by atoms with Gasteiger partial charge in [-0.05, 0) is 48.4 Å². The Balaban J connectivity index is 1.58. The van der Waals surface area contributed by atoms with Crippen LogP contribution in [0, 0.1) is 5.82 Å². The lowest BCUT2D eigenvalue weighted by Gasteiger charge is -2.18. The number of hydrogen-bond donors (Lipinski definition) is 2. The minimum Gasteiger partial charge on any atom is -0.486 e. The van der Waals surface area contributed by atoms with Gasteiger partial charge in [-0.3, -0.25) is 9.59 Å². The Hall–Kier alpha value is -3.35. The second-order valence-corrected chi connectivity index (χ2v) is 5.91. The summed E-state index contributed by atoms with van der Waals surface area (Å²) in [6, 6.07) is 9.55. The number of carbonyl (C=O) groups is 2. The van der Waals surface area contributed by atoms with Crippen LogP contribution in [0.4, 0.5) is 15.8 Å². The molecule has 0 aliphatic carbocycles. The number of benzene rings is 2. The van der Waals surface area contributed by atoms with E-state index in [0.29, 0.717) is 36.8 Å². The van der Waals surface area contributed by atoms with E-state index in [4.69, 9.17) is 9.47 Å². The minimum absolute atomic E-state index is 0.0236. The standard InChI is InChI=1S/C20H19FN2O4/c1-2-19(24)23-16-12-14(5-6-15(16)21)22-20(25)8-4-13-3-7-17-18(11-13)27-10-9-26-17/h2-3,5-7,11-12H,1,4,8-10H2,(H,22,25)(H,23,24). The van der Waals surface area contributed by atoms with Crippen molar-refractivity contribution in [1.29, 1.82) is 0 Å². The quantitative estimate of drug-likeness (QED) is 0.765. The third kappa shape index (κ3) is 4.84. The van der Waals surface area contributed by atoms with Crippen LogP contribution in [-0.4, -0.2) is 25.0 Å². The highest BCUT2D eigenvalue weighted by atomic mass is 19.1. The zero-order valence-corrected chi connectivity index (χ0v) is 14.6. The molecular formula is C20H19FN2O4. The monoisotopic (exact) mass is 370 g/mol. The highest BCUT2D eigenvalue weighted by Crippen LogP contribution is 2.31. The van der Waals surface area contributed by atoms with Crippen molar-refractivity contribution in [1.82, 2.24) is 0 Å². The number of carbonyl (C=O) groups excluding carboxylic acids is 2. The Morgan fingerprint density at radius 3 is 2.63 bits per heavy atom. The summed E-state index contributed by atoms with van der Waals surface area (Å²) in [5, 5.41) is 5.05. The molecule has 1 heterocycles. The van der Waals surface area contributed by atoms with Crippen LogP contribution in [0.2, 0.25) is 0 Å². The van der Waals surface area contributed by atoms with Crippen LogP contribution >= 0.6 is 0 Å². The molecule has 2 amide bonds. The molecule has 0 fully saturated rings. The van der Waals surface area contributed by atoms with E-state index in [1.165, 1.54) is 18.2 Å². The number of nitrogens with one attached hydrogen (secondary N) is 2. The van der Waals surface area contributed by atoms with Crippen molar-refractivity contribution in [3.05, 3.63) is 60.4 Å². The summed E-state index contributed by atoms with van der Waals surface area (Å²) in [4.78, 5) is 23.5. The van der Waals surface area contributed by atoms with Gasteiger partial charge in [0.15, 0.2) is 11.5 Å². The Morgan fingerprint density at radius 2 is 1.85 bits per heavy atom. The third-order valence-corrected chi connectivity index (χ3v) is 3.94.